The number of aliphatic hydroxyl groups is 1. The van der Waals surface area contributed by atoms with Crippen LogP contribution in [-0.4, -0.2) is 14.9 Å². The molecule has 1 aromatic heterocycles. The van der Waals surface area contributed by atoms with Crippen molar-refractivity contribution in [2.75, 3.05) is 0 Å². The molecule has 0 aliphatic heterocycles. The molecule has 3 heteroatoms. The van der Waals surface area contributed by atoms with E-state index < -0.39 is 6.10 Å². The standard InChI is InChI=1S/C18H22N2O/c21-18(12-15-11-13-6-7-14(15)10-13)17-8-9-20(19-17)16-4-2-1-3-5-16/h1-5,8-9,13-15,18,21H,6-7,10-12H2. The van der Waals surface area contributed by atoms with Crippen LogP contribution in [0.1, 0.15) is 43.9 Å². The molecule has 1 N–H and O–H groups in total. The van der Waals surface area contributed by atoms with E-state index in [-0.39, 0.29) is 0 Å². The molecule has 1 heterocycles. The fourth-order valence-corrected chi connectivity index (χ4v) is 4.31. The van der Waals surface area contributed by atoms with Gasteiger partial charge in [0.1, 0.15) is 0 Å². The zero-order chi connectivity index (χ0) is 14.2. The third-order valence-electron chi connectivity index (χ3n) is 5.38. The van der Waals surface area contributed by atoms with Gasteiger partial charge in [-0.05, 0) is 61.6 Å². The van der Waals surface area contributed by atoms with E-state index in [9.17, 15) is 5.11 Å². The topological polar surface area (TPSA) is 38.0 Å². The number of aliphatic hydroxyl groups excluding tert-OH is 1. The Balaban J connectivity index is 1.45. The highest BCUT2D eigenvalue weighted by molar-refractivity contribution is 5.30. The summed E-state index contributed by atoms with van der Waals surface area (Å²) in [5.41, 5.74) is 1.84. The Morgan fingerprint density at radius 1 is 1.14 bits per heavy atom. The molecule has 110 valence electrons. The zero-order valence-corrected chi connectivity index (χ0v) is 12.2. The maximum atomic E-state index is 10.5. The molecule has 0 spiro atoms. The van der Waals surface area contributed by atoms with Crippen LogP contribution in [0.5, 0.6) is 0 Å². The van der Waals surface area contributed by atoms with Crippen molar-refractivity contribution < 1.29 is 5.11 Å². The maximum Gasteiger partial charge on any atom is 0.0981 e. The number of hydrogen-bond donors (Lipinski definition) is 1. The molecular weight excluding hydrogens is 260 g/mol. The fraction of sp³-hybridized carbons (Fsp3) is 0.500. The molecule has 2 aliphatic rings. The molecule has 0 saturated heterocycles. The average molecular weight is 282 g/mol. The van der Waals surface area contributed by atoms with E-state index in [1.807, 2.05) is 47.3 Å². The van der Waals surface area contributed by atoms with Gasteiger partial charge in [0, 0.05) is 6.20 Å². The lowest BCUT2D eigenvalue weighted by Crippen LogP contribution is -2.14. The van der Waals surface area contributed by atoms with Gasteiger partial charge in [-0.1, -0.05) is 24.6 Å². The Labute approximate surface area is 125 Å². The summed E-state index contributed by atoms with van der Waals surface area (Å²) >= 11 is 0. The second-order valence-electron chi connectivity index (χ2n) is 6.71. The van der Waals surface area contributed by atoms with E-state index in [2.05, 4.69) is 5.10 Å². The van der Waals surface area contributed by atoms with Gasteiger partial charge in [0.25, 0.3) is 0 Å². The number of para-hydroxylation sites is 1. The molecule has 2 aromatic rings. The first kappa shape index (κ1) is 13.1. The lowest BCUT2D eigenvalue weighted by Gasteiger charge is -2.23. The van der Waals surface area contributed by atoms with Gasteiger partial charge in [-0.3, -0.25) is 0 Å². The highest BCUT2D eigenvalue weighted by Gasteiger charge is 2.40. The monoisotopic (exact) mass is 282 g/mol. The number of fused-ring (bicyclic) bond motifs is 2. The minimum Gasteiger partial charge on any atom is -0.387 e. The van der Waals surface area contributed by atoms with Crippen LogP contribution in [0.3, 0.4) is 0 Å². The molecule has 3 nitrogen and oxygen atoms in total. The summed E-state index contributed by atoms with van der Waals surface area (Å²) in [6.45, 7) is 0. The van der Waals surface area contributed by atoms with Crippen molar-refractivity contribution in [3.05, 3.63) is 48.3 Å². The number of rotatable bonds is 4. The van der Waals surface area contributed by atoms with E-state index in [0.29, 0.717) is 5.92 Å². The van der Waals surface area contributed by atoms with Gasteiger partial charge in [0.2, 0.25) is 0 Å². The van der Waals surface area contributed by atoms with Crippen LogP contribution in [0, 0.1) is 17.8 Å². The van der Waals surface area contributed by atoms with Crippen molar-refractivity contribution in [1.29, 1.82) is 0 Å². The van der Waals surface area contributed by atoms with Crippen LogP contribution in [-0.2, 0) is 0 Å². The SMILES string of the molecule is OC(CC1CC2CCC1C2)c1ccn(-c2ccccc2)n1. The van der Waals surface area contributed by atoms with Crippen molar-refractivity contribution >= 4 is 0 Å². The van der Waals surface area contributed by atoms with Crippen LogP contribution in [0.2, 0.25) is 0 Å². The summed E-state index contributed by atoms with van der Waals surface area (Å²) in [5.74, 6) is 2.51. The van der Waals surface area contributed by atoms with E-state index in [4.69, 9.17) is 0 Å². The largest absolute Gasteiger partial charge is 0.387 e. The van der Waals surface area contributed by atoms with Gasteiger partial charge < -0.3 is 5.11 Å². The van der Waals surface area contributed by atoms with E-state index >= 15 is 0 Å². The Morgan fingerprint density at radius 3 is 2.71 bits per heavy atom. The highest BCUT2D eigenvalue weighted by atomic mass is 16.3. The molecule has 2 aliphatic carbocycles. The molecule has 21 heavy (non-hydrogen) atoms. The van der Waals surface area contributed by atoms with Crippen LogP contribution >= 0.6 is 0 Å². The molecular formula is C18H22N2O. The molecule has 2 saturated carbocycles. The normalized spacial score (nSPS) is 28.9. The molecule has 1 aromatic carbocycles. The average Bonchev–Trinajstić information content (AvgIpc) is 3.24. The lowest BCUT2D eigenvalue weighted by molar-refractivity contribution is 0.121. The number of hydrogen-bond acceptors (Lipinski definition) is 2. The van der Waals surface area contributed by atoms with Crippen LogP contribution in [0.15, 0.2) is 42.6 Å². The Morgan fingerprint density at radius 2 is 2.00 bits per heavy atom. The third kappa shape index (κ3) is 2.51. The van der Waals surface area contributed by atoms with Crippen molar-refractivity contribution in [3.63, 3.8) is 0 Å². The summed E-state index contributed by atoms with van der Waals surface area (Å²) in [6, 6.07) is 12.0. The summed E-state index contributed by atoms with van der Waals surface area (Å²) in [5, 5.41) is 15.0. The summed E-state index contributed by atoms with van der Waals surface area (Å²) in [4.78, 5) is 0. The fourth-order valence-electron chi connectivity index (χ4n) is 4.31. The highest BCUT2D eigenvalue weighted by Crippen LogP contribution is 2.50. The lowest BCUT2D eigenvalue weighted by atomic mass is 9.84. The van der Waals surface area contributed by atoms with Crippen LogP contribution < -0.4 is 0 Å². The Bertz CT molecular complexity index is 607. The minimum absolute atomic E-state index is 0.417. The quantitative estimate of drug-likeness (QED) is 0.928. The number of benzene rings is 1. The van der Waals surface area contributed by atoms with E-state index in [0.717, 1.165) is 29.6 Å². The van der Waals surface area contributed by atoms with Gasteiger partial charge in [0.15, 0.2) is 0 Å². The van der Waals surface area contributed by atoms with Gasteiger partial charge in [-0.25, -0.2) is 4.68 Å². The zero-order valence-electron chi connectivity index (χ0n) is 12.2. The second kappa shape index (κ2) is 5.30. The predicted molar refractivity (Wildman–Crippen MR) is 82.1 cm³/mol. The summed E-state index contributed by atoms with van der Waals surface area (Å²) in [6.07, 6.45) is 7.92. The molecule has 2 fully saturated rings. The Hall–Kier alpha value is -1.61. The van der Waals surface area contributed by atoms with Crippen LogP contribution in [0.25, 0.3) is 5.69 Å². The second-order valence-corrected chi connectivity index (χ2v) is 6.71. The van der Waals surface area contributed by atoms with Crippen molar-refractivity contribution in [2.24, 2.45) is 17.8 Å². The summed E-state index contributed by atoms with van der Waals surface area (Å²) in [7, 11) is 0. The number of aromatic nitrogens is 2. The van der Waals surface area contributed by atoms with Crippen molar-refractivity contribution in [1.82, 2.24) is 9.78 Å². The van der Waals surface area contributed by atoms with E-state index in [1.54, 1.807) is 0 Å². The van der Waals surface area contributed by atoms with Crippen molar-refractivity contribution in [2.45, 2.75) is 38.2 Å². The third-order valence-corrected chi connectivity index (χ3v) is 5.38. The molecule has 2 bridgehead atoms. The minimum atomic E-state index is -0.417. The molecule has 4 unspecified atom stereocenters. The smallest absolute Gasteiger partial charge is 0.0981 e. The molecule has 0 amide bonds. The van der Waals surface area contributed by atoms with Gasteiger partial charge >= 0.3 is 0 Å². The van der Waals surface area contributed by atoms with Crippen molar-refractivity contribution in [3.8, 4) is 5.69 Å². The van der Waals surface area contributed by atoms with Gasteiger partial charge in [0.05, 0.1) is 17.5 Å². The molecule has 0 radical (unpaired) electrons. The molecule has 4 rings (SSSR count). The van der Waals surface area contributed by atoms with E-state index in [1.165, 1.54) is 25.7 Å². The first-order valence-electron chi connectivity index (χ1n) is 8.08. The summed E-state index contributed by atoms with van der Waals surface area (Å²) < 4.78 is 1.85. The van der Waals surface area contributed by atoms with Gasteiger partial charge in [-0.15, -0.1) is 0 Å². The maximum absolute atomic E-state index is 10.5. The van der Waals surface area contributed by atoms with Crippen LogP contribution in [0.4, 0.5) is 0 Å². The first-order chi connectivity index (χ1) is 10.3. The van der Waals surface area contributed by atoms with Gasteiger partial charge in [-0.2, -0.15) is 5.10 Å². The predicted octanol–water partition coefficient (Wildman–Crippen LogP) is 3.73. The first-order valence-corrected chi connectivity index (χ1v) is 8.08. The number of nitrogens with zero attached hydrogens (tertiary/aromatic N) is 2. The molecule has 4 atom stereocenters. The Kier molecular flexibility index (Phi) is 3.30.